The third-order valence-corrected chi connectivity index (χ3v) is 4.59. The zero-order chi connectivity index (χ0) is 11.0. The van der Waals surface area contributed by atoms with E-state index in [-0.39, 0.29) is 5.91 Å². The predicted octanol–water partition coefficient (Wildman–Crippen LogP) is 2.43. The topological polar surface area (TPSA) is 20.3 Å². The lowest BCUT2D eigenvalue weighted by molar-refractivity contribution is -0.129. The lowest BCUT2D eigenvalue weighted by Crippen LogP contribution is -2.50. The molecule has 2 nitrogen and oxygen atoms in total. The van der Waals surface area contributed by atoms with E-state index >= 15 is 0 Å². The third-order valence-electron chi connectivity index (χ3n) is 4.06. The first-order valence-corrected chi connectivity index (χ1v) is 6.10. The average Bonchev–Trinajstić information content (AvgIpc) is 2.27. The number of hydrogen-bond acceptors (Lipinski definition) is 1. The highest BCUT2D eigenvalue weighted by atomic mass is 35.5. The van der Waals surface area contributed by atoms with Gasteiger partial charge in [-0.2, -0.15) is 0 Å². The zero-order valence-corrected chi connectivity index (χ0v) is 9.91. The number of alkyl halides is 1. The first kappa shape index (κ1) is 11.0. The molecule has 0 heterocycles. The molecule has 0 aromatic carbocycles. The van der Waals surface area contributed by atoms with Crippen LogP contribution in [-0.2, 0) is 4.79 Å². The summed E-state index contributed by atoms with van der Waals surface area (Å²) in [5.41, 5.74) is 0. The molecule has 0 aromatic heterocycles. The quantitative estimate of drug-likeness (QED) is 0.524. The normalized spacial score (nSPS) is 38.8. The number of nitrogens with zero attached hydrogens (tertiary/aromatic N) is 1. The predicted molar refractivity (Wildman–Crippen MR) is 61.8 cm³/mol. The maximum atomic E-state index is 11.5. The van der Waals surface area contributed by atoms with Gasteiger partial charge in [-0.1, -0.05) is 6.58 Å². The minimum absolute atomic E-state index is 0.0404. The Balaban J connectivity index is 2.06. The summed E-state index contributed by atoms with van der Waals surface area (Å²) in [7, 11) is 1.89. The number of fused-ring (bicyclic) bond motifs is 3. The van der Waals surface area contributed by atoms with Crippen LogP contribution in [0.15, 0.2) is 12.7 Å². The van der Waals surface area contributed by atoms with Crippen LogP contribution in [0, 0.1) is 11.8 Å². The molecule has 0 radical (unpaired) electrons. The summed E-state index contributed by atoms with van der Waals surface area (Å²) in [4.78, 5) is 13.4. The maximum absolute atomic E-state index is 11.5. The fourth-order valence-electron chi connectivity index (χ4n) is 3.11. The van der Waals surface area contributed by atoms with Crippen molar-refractivity contribution in [2.45, 2.75) is 37.1 Å². The smallest absolute Gasteiger partial charge is 0.245 e. The number of carbonyl (C=O) groups excluding carboxylic acids is 1. The maximum Gasteiger partial charge on any atom is 0.245 e. The number of likely N-dealkylation sites (N-methyl/N-ethyl adjacent to an activating group) is 1. The molecule has 3 aliphatic rings. The molecule has 0 saturated heterocycles. The van der Waals surface area contributed by atoms with Crippen LogP contribution in [0.2, 0.25) is 0 Å². The molecule has 3 fully saturated rings. The van der Waals surface area contributed by atoms with Gasteiger partial charge in [0.25, 0.3) is 0 Å². The van der Waals surface area contributed by atoms with Gasteiger partial charge in [-0.3, -0.25) is 4.79 Å². The Morgan fingerprint density at radius 2 is 2.07 bits per heavy atom. The van der Waals surface area contributed by atoms with Crippen molar-refractivity contribution in [3.05, 3.63) is 12.7 Å². The minimum Gasteiger partial charge on any atom is -0.339 e. The van der Waals surface area contributed by atoms with Crippen molar-refractivity contribution < 1.29 is 4.79 Å². The van der Waals surface area contributed by atoms with Crippen LogP contribution in [-0.4, -0.2) is 29.3 Å². The van der Waals surface area contributed by atoms with Crippen molar-refractivity contribution in [1.82, 2.24) is 4.90 Å². The van der Waals surface area contributed by atoms with E-state index in [1.165, 1.54) is 18.9 Å². The summed E-state index contributed by atoms with van der Waals surface area (Å²) in [6.45, 7) is 3.54. The van der Waals surface area contributed by atoms with E-state index in [1.54, 1.807) is 0 Å². The first-order chi connectivity index (χ1) is 7.13. The molecule has 1 amide bonds. The van der Waals surface area contributed by atoms with Crippen LogP contribution in [0.4, 0.5) is 0 Å². The summed E-state index contributed by atoms with van der Waals surface area (Å²) >= 11 is 6.27. The Labute approximate surface area is 96.3 Å². The van der Waals surface area contributed by atoms with Gasteiger partial charge in [0, 0.05) is 18.5 Å². The van der Waals surface area contributed by atoms with Gasteiger partial charge >= 0.3 is 0 Å². The van der Waals surface area contributed by atoms with Crippen molar-refractivity contribution in [2.75, 3.05) is 7.05 Å². The Bertz CT molecular complexity index is 279. The summed E-state index contributed by atoms with van der Waals surface area (Å²) in [6, 6.07) is 0.393. The lowest BCUT2D eigenvalue weighted by atomic mass is 9.67. The van der Waals surface area contributed by atoms with Crippen LogP contribution in [0.5, 0.6) is 0 Å². The van der Waals surface area contributed by atoms with Crippen molar-refractivity contribution in [3.8, 4) is 0 Å². The monoisotopic (exact) mass is 227 g/mol. The second-order valence-electron chi connectivity index (χ2n) is 4.81. The standard InChI is InChI=1S/C12H18ClNO/c1-3-12(15)14(2)11-7-8-4-5-9(11)6-10(8)13/h3,8-11H,1,4-7H2,2H3. The average molecular weight is 228 g/mol. The highest BCUT2D eigenvalue weighted by Gasteiger charge is 2.43. The molecular formula is C12H18ClNO. The molecule has 4 atom stereocenters. The van der Waals surface area contributed by atoms with Crippen LogP contribution >= 0.6 is 11.6 Å². The van der Waals surface area contributed by atoms with Gasteiger partial charge in [0.05, 0.1) is 0 Å². The van der Waals surface area contributed by atoms with E-state index in [2.05, 4.69) is 6.58 Å². The highest BCUT2D eigenvalue weighted by Crippen LogP contribution is 2.45. The molecule has 3 heteroatoms. The number of carbonyl (C=O) groups is 1. The van der Waals surface area contributed by atoms with E-state index in [0.29, 0.717) is 23.3 Å². The van der Waals surface area contributed by atoms with Gasteiger partial charge in [-0.25, -0.2) is 0 Å². The van der Waals surface area contributed by atoms with E-state index in [9.17, 15) is 4.79 Å². The molecule has 2 bridgehead atoms. The second kappa shape index (κ2) is 4.17. The number of rotatable bonds is 2. The van der Waals surface area contributed by atoms with Crippen molar-refractivity contribution >= 4 is 17.5 Å². The number of amides is 1. The fourth-order valence-corrected chi connectivity index (χ4v) is 3.57. The van der Waals surface area contributed by atoms with Crippen molar-refractivity contribution in [3.63, 3.8) is 0 Å². The Morgan fingerprint density at radius 3 is 2.53 bits per heavy atom. The van der Waals surface area contributed by atoms with E-state index < -0.39 is 0 Å². The third kappa shape index (κ3) is 1.92. The number of hydrogen-bond donors (Lipinski definition) is 0. The van der Waals surface area contributed by atoms with Crippen LogP contribution < -0.4 is 0 Å². The highest BCUT2D eigenvalue weighted by molar-refractivity contribution is 6.20. The molecule has 84 valence electrons. The van der Waals surface area contributed by atoms with E-state index in [0.717, 1.165) is 12.8 Å². The second-order valence-corrected chi connectivity index (χ2v) is 5.37. The van der Waals surface area contributed by atoms with Gasteiger partial charge in [0.15, 0.2) is 0 Å². The summed E-state index contributed by atoms with van der Waals surface area (Å²) in [6.07, 6.45) is 6.03. The molecule has 15 heavy (non-hydrogen) atoms. The van der Waals surface area contributed by atoms with Gasteiger partial charge in [0.2, 0.25) is 5.91 Å². The molecule has 0 aromatic rings. The van der Waals surface area contributed by atoms with Crippen molar-refractivity contribution in [1.29, 1.82) is 0 Å². The molecule has 3 aliphatic carbocycles. The molecule has 0 spiro atoms. The largest absolute Gasteiger partial charge is 0.339 e. The van der Waals surface area contributed by atoms with Gasteiger partial charge in [0.1, 0.15) is 0 Å². The Hall–Kier alpha value is -0.500. The van der Waals surface area contributed by atoms with E-state index in [1.807, 2.05) is 11.9 Å². The van der Waals surface area contributed by atoms with Crippen molar-refractivity contribution in [2.24, 2.45) is 11.8 Å². The molecular weight excluding hydrogens is 210 g/mol. The molecule has 4 unspecified atom stereocenters. The fraction of sp³-hybridized carbons (Fsp3) is 0.750. The summed E-state index contributed by atoms with van der Waals surface area (Å²) in [5.74, 6) is 1.26. The molecule has 3 rings (SSSR count). The molecule has 3 saturated carbocycles. The van der Waals surface area contributed by atoms with Crippen LogP contribution in [0.3, 0.4) is 0 Å². The Morgan fingerprint density at radius 1 is 1.40 bits per heavy atom. The Kier molecular flexibility index (Phi) is 3.06. The first-order valence-electron chi connectivity index (χ1n) is 5.66. The van der Waals surface area contributed by atoms with Crippen LogP contribution in [0.1, 0.15) is 25.7 Å². The molecule has 0 aliphatic heterocycles. The van der Waals surface area contributed by atoms with Gasteiger partial charge in [-0.15, -0.1) is 11.6 Å². The zero-order valence-electron chi connectivity index (χ0n) is 9.16. The number of halogens is 1. The summed E-state index contributed by atoms with van der Waals surface area (Å²) in [5, 5.41) is 0.340. The van der Waals surface area contributed by atoms with E-state index in [4.69, 9.17) is 11.6 Å². The molecule has 0 N–H and O–H groups in total. The van der Waals surface area contributed by atoms with Gasteiger partial charge in [-0.05, 0) is 43.6 Å². The SMILES string of the molecule is C=CC(=O)N(C)C1CC2CCC1CC2Cl. The summed E-state index contributed by atoms with van der Waals surface area (Å²) < 4.78 is 0. The van der Waals surface area contributed by atoms with Gasteiger partial charge < -0.3 is 4.90 Å². The lowest BCUT2D eigenvalue weighted by Gasteiger charge is -2.48. The minimum atomic E-state index is 0.0404. The van der Waals surface area contributed by atoms with Crippen LogP contribution in [0.25, 0.3) is 0 Å².